The molecule has 2 rings (SSSR count). The van der Waals surface area contributed by atoms with Crippen molar-refractivity contribution in [3.63, 3.8) is 0 Å². The molecule has 2 nitrogen and oxygen atoms in total. The molecule has 86 valence electrons. The van der Waals surface area contributed by atoms with Crippen LogP contribution in [0.2, 0.25) is 5.02 Å². The van der Waals surface area contributed by atoms with Crippen molar-refractivity contribution in [1.82, 2.24) is 0 Å². The molecule has 0 aliphatic rings. The molecule has 0 bridgehead atoms. The number of carboxylic acids is 1. The molecule has 4 heteroatoms. The van der Waals surface area contributed by atoms with Gasteiger partial charge < -0.3 is 5.11 Å². The largest absolute Gasteiger partial charge is 0.478 e. The van der Waals surface area contributed by atoms with Crippen molar-refractivity contribution in [2.45, 2.75) is 0 Å². The fourth-order valence-corrected chi connectivity index (χ4v) is 2.34. The second kappa shape index (κ2) is 5.17. The van der Waals surface area contributed by atoms with Gasteiger partial charge in [0.25, 0.3) is 0 Å². The van der Waals surface area contributed by atoms with E-state index in [0.717, 1.165) is 4.88 Å². The van der Waals surface area contributed by atoms with Crippen molar-refractivity contribution in [3.8, 4) is 0 Å². The van der Waals surface area contributed by atoms with Crippen LogP contribution in [0.1, 0.15) is 10.4 Å². The molecule has 0 aliphatic heterocycles. The normalized spacial score (nSPS) is 11.5. The summed E-state index contributed by atoms with van der Waals surface area (Å²) < 4.78 is 0. The minimum atomic E-state index is -0.952. The molecule has 1 N–H and O–H groups in total. The quantitative estimate of drug-likeness (QED) is 0.850. The summed E-state index contributed by atoms with van der Waals surface area (Å²) in [5.41, 5.74) is 0.966. The average molecular weight is 265 g/mol. The number of hydrogen-bond donors (Lipinski definition) is 1. The number of thiophene rings is 1. The lowest BCUT2D eigenvalue weighted by molar-refractivity contribution is -0.130. The third kappa shape index (κ3) is 2.75. The maximum absolute atomic E-state index is 11.2. The van der Waals surface area contributed by atoms with Gasteiger partial charge in [-0.3, -0.25) is 0 Å². The van der Waals surface area contributed by atoms with Crippen molar-refractivity contribution < 1.29 is 9.90 Å². The molecule has 0 fully saturated rings. The van der Waals surface area contributed by atoms with E-state index < -0.39 is 5.97 Å². The first-order valence-electron chi connectivity index (χ1n) is 4.92. The number of aliphatic carboxylic acids is 1. The first-order chi connectivity index (χ1) is 8.18. The van der Waals surface area contributed by atoms with E-state index in [2.05, 4.69) is 0 Å². The Morgan fingerprint density at radius 2 is 2.00 bits per heavy atom. The highest BCUT2D eigenvalue weighted by Gasteiger charge is 2.11. The van der Waals surface area contributed by atoms with Gasteiger partial charge in [0, 0.05) is 9.90 Å². The Balaban J connectivity index is 2.48. The molecule has 17 heavy (non-hydrogen) atoms. The fourth-order valence-electron chi connectivity index (χ4n) is 1.42. The minimum Gasteiger partial charge on any atom is -0.478 e. The minimum absolute atomic E-state index is 0.258. The van der Waals surface area contributed by atoms with E-state index in [1.54, 1.807) is 24.3 Å². The standard InChI is InChI=1S/C13H9ClO2S/c14-11-5-2-1-4-9(11)8-10(13(15)16)12-6-3-7-17-12/h1-8H,(H,15,16). The van der Waals surface area contributed by atoms with E-state index in [0.29, 0.717) is 10.6 Å². The Morgan fingerprint density at radius 1 is 1.24 bits per heavy atom. The number of benzene rings is 1. The van der Waals surface area contributed by atoms with E-state index in [4.69, 9.17) is 11.6 Å². The molecule has 0 saturated heterocycles. The molecular weight excluding hydrogens is 256 g/mol. The molecule has 1 aromatic carbocycles. The van der Waals surface area contributed by atoms with Crippen molar-refractivity contribution in [2.75, 3.05) is 0 Å². The van der Waals surface area contributed by atoms with E-state index >= 15 is 0 Å². The molecule has 0 aliphatic carbocycles. The summed E-state index contributed by atoms with van der Waals surface area (Å²) in [4.78, 5) is 11.9. The summed E-state index contributed by atoms with van der Waals surface area (Å²) in [6.45, 7) is 0. The van der Waals surface area contributed by atoms with Crippen LogP contribution >= 0.6 is 22.9 Å². The lowest BCUT2D eigenvalue weighted by Crippen LogP contribution is -1.97. The van der Waals surface area contributed by atoms with E-state index in [-0.39, 0.29) is 5.57 Å². The second-order valence-electron chi connectivity index (χ2n) is 3.36. The van der Waals surface area contributed by atoms with Crippen LogP contribution in [0.25, 0.3) is 11.6 Å². The van der Waals surface area contributed by atoms with E-state index in [1.165, 1.54) is 11.3 Å². The predicted molar refractivity (Wildman–Crippen MR) is 71.3 cm³/mol. The Morgan fingerprint density at radius 3 is 2.59 bits per heavy atom. The number of carbonyl (C=O) groups is 1. The summed E-state index contributed by atoms with van der Waals surface area (Å²) in [6.07, 6.45) is 1.59. The van der Waals surface area contributed by atoms with Gasteiger partial charge in [-0.2, -0.15) is 0 Å². The topological polar surface area (TPSA) is 37.3 Å². The zero-order chi connectivity index (χ0) is 12.3. The summed E-state index contributed by atoms with van der Waals surface area (Å²) in [5, 5.41) is 11.6. The first kappa shape index (κ1) is 11.9. The second-order valence-corrected chi connectivity index (χ2v) is 4.72. The van der Waals surface area contributed by atoms with Gasteiger partial charge in [-0.1, -0.05) is 35.9 Å². The number of halogens is 1. The Kier molecular flexibility index (Phi) is 3.61. The highest BCUT2D eigenvalue weighted by atomic mass is 35.5. The van der Waals surface area contributed by atoms with Crippen LogP contribution in [-0.4, -0.2) is 11.1 Å². The smallest absolute Gasteiger partial charge is 0.337 e. The van der Waals surface area contributed by atoms with Crippen LogP contribution in [0.3, 0.4) is 0 Å². The average Bonchev–Trinajstić information content (AvgIpc) is 2.81. The van der Waals surface area contributed by atoms with Crippen LogP contribution in [0.4, 0.5) is 0 Å². The molecule has 0 radical (unpaired) electrons. The third-order valence-corrected chi connectivity index (χ3v) is 3.47. The molecule has 2 aromatic rings. The van der Waals surface area contributed by atoms with Crippen LogP contribution in [-0.2, 0) is 4.79 Å². The van der Waals surface area contributed by atoms with Crippen molar-refractivity contribution >= 4 is 40.6 Å². The van der Waals surface area contributed by atoms with Gasteiger partial charge in [-0.15, -0.1) is 11.3 Å². The maximum Gasteiger partial charge on any atom is 0.337 e. The van der Waals surface area contributed by atoms with Gasteiger partial charge in [0.15, 0.2) is 0 Å². The van der Waals surface area contributed by atoms with Crippen molar-refractivity contribution in [3.05, 3.63) is 57.2 Å². The SMILES string of the molecule is O=C(O)C(=Cc1ccccc1Cl)c1cccs1. The van der Waals surface area contributed by atoms with E-state index in [1.807, 2.05) is 23.6 Å². The highest BCUT2D eigenvalue weighted by Crippen LogP contribution is 2.25. The molecule has 0 unspecified atom stereocenters. The highest BCUT2D eigenvalue weighted by molar-refractivity contribution is 7.11. The fraction of sp³-hybridized carbons (Fsp3) is 0. The van der Waals surface area contributed by atoms with Crippen LogP contribution in [0.5, 0.6) is 0 Å². The van der Waals surface area contributed by atoms with Crippen molar-refractivity contribution in [2.24, 2.45) is 0 Å². The molecule has 0 saturated carbocycles. The van der Waals surface area contributed by atoms with Crippen LogP contribution < -0.4 is 0 Å². The Bertz CT molecular complexity index is 559. The third-order valence-electron chi connectivity index (χ3n) is 2.22. The van der Waals surface area contributed by atoms with Crippen molar-refractivity contribution in [1.29, 1.82) is 0 Å². The molecule has 1 heterocycles. The lowest BCUT2D eigenvalue weighted by Gasteiger charge is -2.01. The predicted octanol–water partition coefficient (Wildman–Crippen LogP) is 4.03. The summed E-state index contributed by atoms with van der Waals surface area (Å²) in [7, 11) is 0. The maximum atomic E-state index is 11.2. The molecule has 0 spiro atoms. The summed E-state index contributed by atoms with van der Waals surface area (Å²) in [5.74, 6) is -0.952. The number of rotatable bonds is 3. The van der Waals surface area contributed by atoms with Gasteiger partial charge in [0.1, 0.15) is 0 Å². The zero-order valence-corrected chi connectivity index (χ0v) is 10.3. The first-order valence-corrected chi connectivity index (χ1v) is 6.17. The Labute approximate surface area is 108 Å². The molecule has 0 atom stereocenters. The van der Waals surface area contributed by atoms with Gasteiger partial charge in [-0.25, -0.2) is 4.79 Å². The van der Waals surface area contributed by atoms with Gasteiger partial charge in [0.05, 0.1) is 5.57 Å². The van der Waals surface area contributed by atoms with Gasteiger partial charge in [0.2, 0.25) is 0 Å². The molecule has 0 amide bonds. The molecule has 1 aromatic heterocycles. The van der Waals surface area contributed by atoms with Gasteiger partial charge >= 0.3 is 5.97 Å². The monoisotopic (exact) mass is 264 g/mol. The zero-order valence-electron chi connectivity index (χ0n) is 8.76. The lowest BCUT2D eigenvalue weighted by atomic mass is 10.1. The number of carboxylic acid groups (broad SMARTS) is 1. The summed E-state index contributed by atoms with van der Waals surface area (Å²) >= 11 is 7.39. The summed E-state index contributed by atoms with van der Waals surface area (Å²) in [6, 6.07) is 10.8. The van der Waals surface area contributed by atoms with Crippen LogP contribution in [0.15, 0.2) is 41.8 Å². The number of hydrogen-bond acceptors (Lipinski definition) is 2. The van der Waals surface area contributed by atoms with Crippen LogP contribution in [0, 0.1) is 0 Å². The molecular formula is C13H9ClO2S. The van der Waals surface area contributed by atoms with E-state index in [9.17, 15) is 9.90 Å². The van der Waals surface area contributed by atoms with Gasteiger partial charge in [-0.05, 0) is 29.2 Å². The Hall–Kier alpha value is -1.58.